The fourth-order valence-electron chi connectivity index (χ4n) is 1.37. The van der Waals surface area contributed by atoms with Crippen molar-refractivity contribution in [3.05, 3.63) is 29.8 Å². The Kier molecular flexibility index (Phi) is 6.16. The van der Waals surface area contributed by atoms with Crippen molar-refractivity contribution >= 4 is 0 Å². The van der Waals surface area contributed by atoms with Gasteiger partial charge >= 0.3 is 0 Å². The lowest BCUT2D eigenvalue weighted by atomic mass is 10.2. The van der Waals surface area contributed by atoms with Crippen LogP contribution in [-0.2, 0) is 11.3 Å². The number of hydrogen-bond acceptors (Lipinski definition) is 3. The van der Waals surface area contributed by atoms with Crippen LogP contribution in [0.1, 0.15) is 18.4 Å². The molecule has 0 radical (unpaired) electrons. The van der Waals surface area contributed by atoms with Crippen LogP contribution in [0.25, 0.3) is 0 Å². The summed E-state index contributed by atoms with van der Waals surface area (Å²) in [7, 11) is 1.64. The van der Waals surface area contributed by atoms with Gasteiger partial charge < -0.3 is 14.6 Å². The van der Waals surface area contributed by atoms with E-state index in [0.29, 0.717) is 19.6 Å². The Labute approximate surface area is 102 Å². The number of ether oxygens (including phenoxy) is 2. The second-order valence-corrected chi connectivity index (χ2v) is 3.73. The third-order valence-electron chi connectivity index (χ3n) is 2.39. The van der Waals surface area contributed by atoms with Crippen LogP contribution < -0.4 is 4.74 Å². The van der Waals surface area contributed by atoms with Crippen LogP contribution in [0.2, 0.25) is 0 Å². The van der Waals surface area contributed by atoms with Crippen molar-refractivity contribution < 1.29 is 14.6 Å². The molecule has 0 unspecified atom stereocenters. The zero-order chi connectivity index (χ0) is 12.5. The van der Waals surface area contributed by atoms with Gasteiger partial charge in [-0.25, -0.2) is 0 Å². The number of terminal acetylenes is 1. The molecule has 0 aliphatic heterocycles. The van der Waals surface area contributed by atoms with Crippen molar-refractivity contribution in [2.24, 2.45) is 0 Å². The van der Waals surface area contributed by atoms with Crippen molar-refractivity contribution in [3.63, 3.8) is 0 Å². The van der Waals surface area contributed by atoms with Gasteiger partial charge in [-0.2, -0.15) is 0 Å². The van der Waals surface area contributed by atoms with E-state index >= 15 is 0 Å². The summed E-state index contributed by atoms with van der Waals surface area (Å²) >= 11 is 0. The van der Waals surface area contributed by atoms with Gasteiger partial charge in [-0.3, -0.25) is 0 Å². The maximum absolute atomic E-state index is 9.13. The number of rotatable bonds is 7. The summed E-state index contributed by atoms with van der Waals surface area (Å²) < 4.78 is 10.5. The van der Waals surface area contributed by atoms with Gasteiger partial charge in [0.15, 0.2) is 0 Å². The zero-order valence-electron chi connectivity index (χ0n) is 10.1. The molecule has 0 aromatic heterocycles. The predicted molar refractivity (Wildman–Crippen MR) is 66.7 cm³/mol. The number of hydrogen-bond donors (Lipinski definition) is 1. The van der Waals surface area contributed by atoms with Crippen LogP contribution in [-0.4, -0.2) is 24.9 Å². The molecule has 0 aliphatic carbocycles. The zero-order valence-corrected chi connectivity index (χ0v) is 10.1. The van der Waals surface area contributed by atoms with Crippen LogP contribution in [0.3, 0.4) is 0 Å². The molecule has 0 bridgehead atoms. The second-order valence-electron chi connectivity index (χ2n) is 3.73. The largest absolute Gasteiger partial charge is 0.497 e. The Hall–Kier alpha value is -1.50. The van der Waals surface area contributed by atoms with Crippen molar-refractivity contribution in [3.8, 4) is 18.1 Å². The van der Waals surface area contributed by atoms with E-state index in [9.17, 15) is 0 Å². The van der Waals surface area contributed by atoms with E-state index in [1.165, 1.54) is 0 Å². The quantitative estimate of drug-likeness (QED) is 0.579. The third-order valence-corrected chi connectivity index (χ3v) is 2.39. The van der Waals surface area contributed by atoms with Gasteiger partial charge in [0.25, 0.3) is 0 Å². The molecule has 0 aliphatic rings. The van der Waals surface area contributed by atoms with Gasteiger partial charge in [0.05, 0.1) is 13.7 Å². The summed E-state index contributed by atoms with van der Waals surface area (Å²) in [6, 6.07) is 7.74. The third kappa shape index (κ3) is 5.39. The van der Waals surface area contributed by atoms with Crippen molar-refractivity contribution in [2.45, 2.75) is 25.6 Å². The summed E-state index contributed by atoms with van der Waals surface area (Å²) in [5.41, 5.74) is 1.10. The van der Waals surface area contributed by atoms with Gasteiger partial charge in [-0.05, 0) is 30.5 Å². The molecule has 0 saturated heterocycles. The average molecular weight is 234 g/mol. The molecular formula is C14H18O3. The number of aliphatic hydroxyl groups excluding tert-OH is 1. The van der Waals surface area contributed by atoms with Gasteiger partial charge in [0.2, 0.25) is 0 Å². The lowest BCUT2D eigenvalue weighted by molar-refractivity contribution is 0.107. The van der Waals surface area contributed by atoms with Gasteiger partial charge in [0, 0.05) is 6.61 Å². The topological polar surface area (TPSA) is 38.7 Å². The van der Waals surface area contributed by atoms with Crippen LogP contribution in [0.15, 0.2) is 24.3 Å². The summed E-state index contributed by atoms with van der Waals surface area (Å²) in [6.45, 7) is 1.17. The molecule has 1 aromatic carbocycles. The first kappa shape index (κ1) is 13.6. The first-order valence-corrected chi connectivity index (χ1v) is 5.61. The molecule has 1 rings (SSSR count). The molecule has 1 aromatic rings. The fraction of sp³-hybridized carbons (Fsp3) is 0.429. The molecule has 0 fully saturated rings. The van der Waals surface area contributed by atoms with Gasteiger partial charge in [-0.1, -0.05) is 18.1 Å². The molecule has 92 valence electrons. The highest BCUT2D eigenvalue weighted by atomic mass is 16.5. The van der Waals surface area contributed by atoms with E-state index < -0.39 is 6.10 Å². The Bertz CT molecular complexity index is 351. The van der Waals surface area contributed by atoms with Crippen LogP contribution in [0.4, 0.5) is 0 Å². The minimum Gasteiger partial charge on any atom is -0.497 e. The van der Waals surface area contributed by atoms with Crippen LogP contribution in [0.5, 0.6) is 5.75 Å². The fourth-order valence-corrected chi connectivity index (χ4v) is 1.37. The van der Waals surface area contributed by atoms with Crippen LogP contribution >= 0.6 is 0 Å². The van der Waals surface area contributed by atoms with E-state index in [4.69, 9.17) is 21.0 Å². The minimum atomic E-state index is -0.653. The molecule has 1 N–H and O–H groups in total. The number of benzene rings is 1. The molecule has 0 saturated carbocycles. The SMILES string of the molecule is C#C[C@H](O)CCCOCc1ccc(OC)cc1. The molecule has 3 nitrogen and oxygen atoms in total. The standard InChI is InChI=1S/C14H18O3/c1-3-13(15)5-4-10-17-11-12-6-8-14(16-2)9-7-12/h1,6-9,13,15H,4-5,10-11H2,2H3/t13-/m0/s1. The molecule has 3 heteroatoms. The monoisotopic (exact) mass is 234 g/mol. The van der Waals surface area contributed by atoms with E-state index in [-0.39, 0.29) is 0 Å². The molecule has 17 heavy (non-hydrogen) atoms. The molecule has 0 spiro atoms. The minimum absolute atomic E-state index is 0.566. The number of aliphatic hydroxyl groups is 1. The Morgan fingerprint density at radius 2 is 2.06 bits per heavy atom. The van der Waals surface area contributed by atoms with Crippen molar-refractivity contribution in [2.75, 3.05) is 13.7 Å². The Balaban J connectivity index is 2.16. The number of methoxy groups -OCH3 is 1. The Morgan fingerprint density at radius 1 is 1.35 bits per heavy atom. The van der Waals surface area contributed by atoms with E-state index in [0.717, 1.165) is 17.7 Å². The summed E-state index contributed by atoms with van der Waals surface area (Å²) in [6.07, 6.45) is 5.75. The predicted octanol–water partition coefficient (Wildman–Crippen LogP) is 1.99. The summed E-state index contributed by atoms with van der Waals surface area (Å²) in [5, 5.41) is 9.13. The van der Waals surface area contributed by atoms with E-state index in [1.807, 2.05) is 24.3 Å². The molecule has 1 atom stereocenters. The second kappa shape index (κ2) is 7.72. The lowest BCUT2D eigenvalue weighted by Gasteiger charge is -2.06. The highest BCUT2D eigenvalue weighted by Crippen LogP contribution is 2.12. The summed E-state index contributed by atoms with van der Waals surface area (Å²) in [5.74, 6) is 3.11. The maximum atomic E-state index is 9.13. The molecule has 0 amide bonds. The first-order valence-electron chi connectivity index (χ1n) is 5.61. The Morgan fingerprint density at radius 3 is 2.65 bits per heavy atom. The normalized spacial score (nSPS) is 11.8. The summed E-state index contributed by atoms with van der Waals surface area (Å²) in [4.78, 5) is 0. The van der Waals surface area contributed by atoms with Gasteiger partial charge in [-0.15, -0.1) is 6.42 Å². The van der Waals surface area contributed by atoms with Crippen molar-refractivity contribution in [1.82, 2.24) is 0 Å². The maximum Gasteiger partial charge on any atom is 0.118 e. The highest BCUT2D eigenvalue weighted by Gasteiger charge is 1.99. The van der Waals surface area contributed by atoms with E-state index in [1.54, 1.807) is 7.11 Å². The van der Waals surface area contributed by atoms with Crippen molar-refractivity contribution in [1.29, 1.82) is 0 Å². The van der Waals surface area contributed by atoms with E-state index in [2.05, 4.69) is 5.92 Å². The average Bonchev–Trinajstić information content (AvgIpc) is 2.38. The highest BCUT2D eigenvalue weighted by molar-refractivity contribution is 5.26. The molecular weight excluding hydrogens is 216 g/mol. The molecule has 0 heterocycles. The lowest BCUT2D eigenvalue weighted by Crippen LogP contribution is -2.04. The first-order chi connectivity index (χ1) is 8.26. The smallest absolute Gasteiger partial charge is 0.118 e. The van der Waals surface area contributed by atoms with Crippen LogP contribution in [0, 0.1) is 12.3 Å². The van der Waals surface area contributed by atoms with Gasteiger partial charge in [0.1, 0.15) is 11.9 Å².